The number of unbranched alkanes of at least 4 members (excludes halogenated alkanes) is 2. The van der Waals surface area contributed by atoms with Gasteiger partial charge in [-0.15, -0.1) is 5.43 Å². The van der Waals surface area contributed by atoms with Crippen molar-refractivity contribution in [1.29, 1.82) is 0 Å². The van der Waals surface area contributed by atoms with Crippen molar-refractivity contribution in [3.8, 4) is 0 Å². The van der Waals surface area contributed by atoms with Crippen molar-refractivity contribution < 1.29 is 9.77 Å². The zero-order valence-electron chi connectivity index (χ0n) is 22.9. The Hall–Kier alpha value is -2.67. The van der Waals surface area contributed by atoms with Crippen molar-refractivity contribution in [1.82, 2.24) is 10.4 Å². The van der Waals surface area contributed by atoms with Gasteiger partial charge < -0.3 is 9.64 Å². The van der Waals surface area contributed by atoms with Crippen molar-refractivity contribution in [2.75, 3.05) is 25.6 Å². The molecule has 1 N–H and O–H groups in total. The fourth-order valence-electron chi connectivity index (χ4n) is 4.73. The largest absolute Gasteiger partial charge is 0.378 e. The Bertz CT molecular complexity index is 870. The van der Waals surface area contributed by atoms with Gasteiger partial charge in [-0.1, -0.05) is 63.4 Å². The maximum Gasteiger partial charge on any atom is 0.157 e. The van der Waals surface area contributed by atoms with E-state index in [9.17, 15) is 10.1 Å². The zero-order valence-corrected chi connectivity index (χ0v) is 22.9. The number of nitro groups is 1. The Morgan fingerprint density at radius 1 is 1.14 bits per heavy atom. The molecule has 200 valence electrons. The van der Waals surface area contributed by atoms with Gasteiger partial charge in [0.2, 0.25) is 0 Å². The van der Waals surface area contributed by atoms with Crippen molar-refractivity contribution in [2.24, 2.45) is 5.92 Å². The number of hydrogen-bond donors (Lipinski definition) is 1. The molecule has 0 spiro atoms. The standard InChI is InChI=1S/C21H34N2O3.C8H12N2/c1-3-4-6-11-21(22-23(24)25)17(2)16-26-20-14-12-19(13-15-20)18-9-7-5-8-10-18;1-7-6-8(10(2)3)4-5-9-7/h5,7-10,17,19-22H,3-4,6,11-16H2,1-2H3;4-6H,1-3H3. The molecule has 1 heterocycles. The molecule has 1 aliphatic carbocycles. The van der Waals surface area contributed by atoms with Gasteiger partial charge in [-0.25, -0.2) is 10.1 Å². The smallest absolute Gasteiger partial charge is 0.157 e. The van der Waals surface area contributed by atoms with Crippen molar-refractivity contribution >= 4 is 5.69 Å². The first kappa shape index (κ1) is 29.6. The van der Waals surface area contributed by atoms with Crippen LogP contribution >= 0.6 is 0 Å². The van der Waals surface area contributed by atoms with Crippen molar-refractivity contribution in [2.45, 2.75) is 90.2 Å². The summed E-state index contributed by atoms with van der Waals surface area (Å²) in [5, 5.41) is 10.5. The Balaban J connectivity index is 0.000000380. The van der Waals surface area contributed by atoms with Crippen LogP contribution in [0.15, 0.2) is 48.7 Å². The highest BCUT2D eigenvalue weighted by Gasteiger charge is 2.26. The SMILES string of the molecule is CCCCCC(N[N+](=O)[O-])C(C)COC1CCC(c2ccccc2)CC1.Cc1cc(N(C)C)ccn1. The van der Waals surface area contributed by atoms with Crippen LogP contribution in [-0.4, -0.2) is 42.9 Å². The molecule has 1 fully saturated rings. The number of ether oxygens (including phenoxy) is 1. The van der Waals surface area contributed by atoms with Gasteiger partial charge in [0, 0.05) is 37.6 Å². The lowest BCUT2D eigenvalue weighted by molar-refractivity contribution is -0.553. The van der Waals surface area contributed by atoms with Crippen LogP contribution in [0.25, 0.3) is 0 Å². The summed E-state index contributed by atoms with van der Waals surface area (Å²) in [6, 6.07) is 14.7. The molecule has 3 rings (SSSR count). The van der Waals surface area contributed by atoms with Gasteiger partial charge in [0.05, 0.1) is 18.8 Å². The molecule has 7 nitrogen and oxygen atoms in total. The molecule has 1 aliphatic rings. The van der Waals surface area contributed by atoms with Crippen LogP contribution in [0, 0.1) is 23.0 Å². The van der Waals surface area contributed by atoms with E-state index in [-0.39, 0.29) is 12.0 Å². The van der Waals surface area contributed by atoms with Gasteiger partial charge in [-0.2, -0.15) is 0 Å². The fourth-order valence-corrected chi connectivity index (χ4v) is 4.73. The van der Waals surface area contributed by atoms with Crippen molar-refractivity contribution in [3.63, 3.8) is 0 Å². The lowest BCUT2D eigenvalue weighted by atomic mass is 9.83. The molecule has 36 heavy (non-hydrogen) atoms. The van der Waals surface area contributed by atoms with Crippen LogP contribution in [-0.2, 0) is 4.74 Å². The minimum atomic E-state index is -0.405. The van der Waals surface area contributed by atoms with E-state index in [4.69, 9.17) is 4.74 Å². The second kappa shape index (κ2) is 16.1. The summed E-state index contributed by atoms with van der Waals surface area (Å²) in [6.07, 6.45) is 10.7. The number of pyridine rings is 1. The number of hydrazine groups is 1. The Kier molecular flexibility index (Phi) is 13.3. The summed E-state index contributed by atoms with van der Waals surface area (Å²) in [5.41, 5.74) is 6.20. The minimum absolute atomic E-state index is 0.114. The summed E-state index contributed by atoms with van der Waals surface area (Å²) < 4.78 is 6.14. The van der Waals surface area contributed by atoms with Gasteiger partial charge in [0.25, 0.3) is 0 Å². The molecular formula is C29H46N4O3. The highest BCUT2D eigenvalue weighted by atomic mass is 16.7. The molecule has 0 radical (unpaired) electrons. The molecule has 0 aliphatic heterocycles. The van der Waals surface area contributed by atoms with Gasteiger partial charge in [0.1, 0.15) is 0 Å². The zero-order chi connectivity index (χ0) is 26.3. The Labute approximate surface area is 217 Å². The van der Waals surface area contributed by atoms with Crippen molar-refractivity contribution in [3.05, 3.63) is 70.0 Å². The lowest BCUT2D eigenvalue weighted by Crippen LogP contribution is -2.41. The van der Waals surface area contributed by atoms with E-state index >= 15 is 0 Å². The summed E-state index contributed by atoms with van der Waals surface area (Å²) in [4.78, 5) is 17.0. The molecule has 2 unspecified atom stereocenters. The number of nitrogens with one attached hydrogen (secondary N) is 1. The van der Waals surface area contributed by atoms with E-state index in [1.54, 1.807) is 0 Å². The molecule has 2 atom stereocenters. The molecule has 1 saturated carbocycles. The van der Waals surface area contributed by atoms with Crippen LogP contribution in [0.3, 0.4) is 0 Å². The lowest BCUT2D eigenvalue weighted by Gasteiger charge is -2.30. The van der Waals surface area contributed by atoms with Gasteiger partial charge >= 0.3 is 0 Å². The Morgan fingerprint density at radius 3 is 2.39 bits per heavy atom. The Morgan fingerprint density at radius 2 is 1.83 bits per heavy atom. The number of aryl methyl sites for hydroxylation is 1. The van der Waals surface area contributed by atoms with Crippen LogP contribution in [0.2, 0.25) is 0 Å². The normalized spacial score (nSPS) is 18.9. The van der Waals surface area contributed by atoms with E-state index in [0.717, 1.165) is 57.1 Å². The number of nitrogens with zero attached hydrogens (tertiary/aromatic N) is 3. The summed E-state index contributed by atoms with van der Waals surface area (Å²) in [7, 11) is 4.05. The first-order valence-electron chi connectivity index (χ1n) is 13.5. The topological polar surface area (TPSA) is 80.5 Å². The maximum atomic E-state index is 10.9. The second-order valence-corrected chi connectivity index (χ2v) is 10.2. The molecule has 1 aromatic carbocycles. The van der Waals surface area contributed by atoms with E-state index in [2.05, 4.69) is 65.6 Å². The predicted molar refractivity (Wildman–Crippen MR) is 148 cm³/mol. The number of hydrogen-bond acceptors (Lipinski definition) is 5. The van der Waals surface area contributed by atoms with Gasteiger partial charge in [-0.3, -0.25) is 4.98 Å². The molecule has 7 heteroatoms. The number of benzene rings is 1. The molecule has 0 amide bonds. The van der Waals surface area contributed by atoms with Crippen LogP contribution in [0.4, 0.5) is 5.69 Å². The minimum Gasteiger partial charge on any atom is -0.378 e. The van der Waals surface area contributed by atoms with E-state index in [1.165, 1.54) is 11.3 Å². The average Bonchev–Trinajstić information content (AvgIpc) is 2.88. The quantitative estimate of drug-likeness (QED) is 0.203. The van der Waals surface area contributed by atoms with E-state index in [0.29, 0.717) is 18.6 Å². The van der Waals surface area contributed by atoms with Crippen LogP contribution in [0.5, 0.6) is 0 Å². The second-order valence-electron chi connectivity index (χ2n) is 10.2. The third-order valence-electron chi connectivity index (χ3n) is 7.01. The van der Waals surface area contributed by atoms with Gasteiger partial charge in [0.15, 0.2) is 5.03 Å². The monoisotopic (exact) mass is 498 g/mol. The maximum absolute atomic E-state index is 10.9. The van der Waals surface area contributed by atoms with Gasteiger partial charge in [-0.05, 0) is 62.6 Å². The van der Waals surface area contributed by atoms with Crippen LogP contribution in [0.1, 0.15) is 82.4 Å². The number of rotatable bonds is 12. The summed E-state index contributed by atoms with van der Waals surface area (Å²) in [6.45, 7) is 6.79. The summed E-state index contributed by atoms with van der Waals surface area (Å²) in [5.74, 6) is 0.788. The van der Waals surface area contributed by atoms with E-state index < -0.39 is 5.03 Å². The van der Waals surface area contributed by atoms with E-state index in [1.807, 2.05) is 33.3 Å². The molecule has 0 saturated heterocycles. The number of anilines is 1. The average molecular weight is 499 g/mol. The molecule has 0 bridgehead atoms. The molecule has 1 aromatic heterocycles. The highest BCUT2D eigenvalue weighted by molar-refractivity contribution is 5.44. The molecule has 2 aromatic rings. The van der Waals surface area contributed by atoms with Crippen LogP contribution < -0.4 is 10.3 Å². The fraction of sp³-hybridized carbons (Fsp3) is 0.621. The highest BCUT2D eigenvalue weighted by Crippen LogP contribution is 2.34. The number of aromatic nitrogens is 1. The first-order valence-corrected chi connectivity index (χ1v) is 13.5. The predicted octanol–water partition coefficient (Wildman–Crippen LogP) is 6.55. The third kappa shape index (κ3) is 10.9. The first-order chi connectivity index (χ1) is 17.3. The summed E-state index contributed by atoms with van der Waals surface area (Å²) >= 11 is 0. The molecular weight excluding hydrogens is 452 g/mol. The third-order valence-corrected chi connectivity index (χ3v) is 7.01.